The maximum atomic E-state index is 9.41. The van der Waals surface area contributed by atoms with Crippen LogP contribution in [-0.2, 0) is 0 Å². The third-order valence-corrected chi connectivity index (χ3v) is 4.06. The van der Waals surface area contributed by atoms with Gasteiger partial charge in [0.2, 0.25) is 0 Å². The molecule has 2 N–H and O–H groups in total. The highest BCUT2D eigenvalue weighted by Crippen LogP contribution is 2.34. The van der Waals surface area contributed by atoms with Crippen molar-refractivity contribution in [2.45, 2.75) is 51.5 Å². The number of anilines is 2. The molecule has 0 aliphatic heterocycles. The zero-order valence-corrected chi connectivity index (χ0v) is 12.8. The number of aliphatic hydroxyl groups is 1. The molecule has 0 saturated heterocycles. The van der Waals surface area contributed by atoms with E-state index in [-0.39, 0.29) is 6.61 Å². The van der Waals surface area contributed by atoms with Crippen LogP contribution in [0.3, 0.4) is 0 Å². The zero-order valence-electron chi connectivity index (χ0n) is 12.8. The normalized spacial score (nSPS) is 15.8. The summed E-state index contributed by atoms with van der Waals surface area (Å²) in [7, 11) is 1.89. The first-order valence-electron chi connectivity index (χ1n) is 7.59. The third-order valence-electron chi connectivity index (χ3n) is 4.06. The van der Waals surface area contributed by atoms with Crippen molar-refractivity contribution in [3.8, 4) is 0 Å². The number of aromatic nitrogens is 2. The van der Waals surface area contributed by atoms with Gasteiger partial charge in [0, 0.05) is 25.2 Å². The first-order chi connectivity index (χ1) is 9.69. The van der Waals surface area contributed by atoms with Crippen molar-refractivity contribution in [1.82, 2.24) is 9.97 Å². The zero-order chi connectivity index (χ0) is 14.5. The molecule has 5 nitrogen and oxygen atoms in total. The second kappa shape index (κ2) is 6.88. The van der Waals surface area contributed by atoms with Gasteiger partial charge in [0.05, 0.1) is 6.61 Å². The van der Waals surface area contributed by atoms with Crippen LogP contribution in [0.2, 0.25) is 0 Å². The van der Waals surface area contributed by atoms with Gasteiger partial charge in [0.1, 0.15) is 18.0 Å². The summed E-state index contributed by atoms with van der Waals surface area (Å²) in [5.41, 5.74) is 1.15. The first-order valence-corrected chi connectivity index (χ1v) is 7.59. The van der Waals surface area contributed by atoms with Gasteiger partial charge in [-0.05, 0) is 18.8 Å². The molecular weight excluding hydrogens is 252 g/mol. The molecule has 1 heterocycles. The van der Waals surface area contributed by atoms with Gasteiger partial charge in [-0.25, -0.2) is 9.97 Å². The van der Waals surface area contributed by atoms with Crippen LogP contribution in [-0.4, -0.2) is 41.3 Å². The lowest BCUT2D eigenvalue weighted by molar-refractivity contribution is 0.296. The average Bonchev–Trinajstić information content (AvgIpc) is 2.97. The van der Waals surface area contributed by atoms with E-state index in [0.717, 1.165) is 17.2 Å². The van der Waals surface area contributed by atoms with Crippen LogP contribution in [0.1, 0.15) is 51.0 Å². The van der Waals surface area contributed by atoms with Crippen molar-refractivity contribution in [2.75, 3.05) is 30.4 Å². The minimum atomic E-state index is 0.160. The number of nitrogens with one attached hydrogen (secondary N) is 1. The van der Waals surface area contributed by atoms with Gasteiger partial charge in [-0.1, -0.05) is 26.7 Å². The second-order valence-corrected chi connectivity index (χ2v) is 5.72. The molecule has 1 aromatic rings. The molecule has 1 aliphatic carbocycles. The molecular formula is C15H26N4O. The summed E-state index contributed by atoms with van der Waals surface area (Å²) in [4.78, 5) is 11.2. The molecule has 1 saturated carbocycles. The summed E-state index contributed by atoms with van der Waals surface area (Å²) >= 11 is 0. The van der Waals surface area contributed by atoms with E-state index in [4.69, 9.17) is 0 Å². The lowest BCUT2D eigenvalue weighted by Crippen LogP contribution is -2.37. The Bertz CT molecular complexity index is 430. The Morgan fingerprint density at radius 1 is 1.35 bits per heavy atom. The van der Waals surface area contributed by atoms with Crippen molar-refractivity contribution < 1.29 is 5.11 Å². The molecule has 20 heavy (non-hydrogen) atoms. The molecule has 1 aromatic heterocycles. The van der Waals surface area contributed by atoms with E-state index in [1.165, 1.54) is 25.7 Å². The molecule has 0 radical (unpaired) electrons. The predicted octanol–water partition coefficient (Wildman–Crippen LogP) is 2.38. The summed E-state index contributed by atoms with van der Waals surface area (Å²) in [6.07, 6.45) is 6.54. The van der Waals surface area contributed by atoms with Gasteiger partial charge in [-0.3, -0.25) is 0 Å². The molecule has 0 atom stereocenters. The summed E-state index contributed by atoms with van der Waals surface area (Å²) in [6.45, 7) is 5.13. The highest BCUT2D eigenvalue weighted by Gasteiger charge is 2.27. The van der Waals surface area contributed by atoms with E-state index >= 15 is 0 Å². The van der Waals surface area contributed by atoms with E-state index in [1.54, 1.807) is 6.33 Å². The number of nitrogens with zero attached hydrogens (tertiary/aromatic N) is 3. The van der Waals surface area contributed by atoms with E-state index in [9.17, 15) is 5.11 Å². The molecule has 2 rings (SSSR count). The van der Waals surface area contributed by atoms with Crippen LogP contribution in [0.25, 0.3) is 0 Å². The Labute approximate surface area is 121 Å². The van der Waals surface area contributed by atoms with Crippen LogP contribution in [0, 0.1) is 0 Å². The first kappa shape index (κ1) is 15.0. The Hall–Kier alpha value is -1.36. The average molecular weight is 278 g/mol. The molecule has 0 amide bonds. The Balaban J connectivity index is 2.41. The summed E-state index contributed by atoms with van der Waals surface area (Å²) < 4.78 is 0. The smallest absolute Gasteiger partial charge is 0.137 e. The van der Waals surface area contributed by atoms with Gasteiger partial charge in [0.15, 0.2) is 0 Å². The fourth-order valence-corrected chi connectivity index (χ4v) is 3.13. The van der Waals surface area contributed by atoms with Gasteiger partial charge in [-0.15, -0.1) is 0 Å². The maximum absolute atomic E-state index is 9.41. The van der Waals surface area contributed by atoms with Gasteiger partial charge in [-0.2, -0.15) is 0 Å². The Morgan fingerprint density at radius 2 is 2.05 bits per heavy atom. The highest BCUT2D eigenvalue weighted by atomic mass is 16.3. The van der Waals surface area contributed by atoms with Gasteiger partial charge in [0.25, 0.3) is 0 Å². The topological polar surface area (TPSA) is 61.3 Å². The SMILES string of the molecule is CNc1ncnc(N(CCO)C2CCCC2)c1C(C)C. The number of hydrogen-bond acceptors (Lipinski definition) is 5. The molecule has 0 bridgehead atoms. The van der Waals surface area contributed by atoms with E-state index in [2.05, 4.69) is 34.0 Å². The van der Waals surface area contributed by atoms with Crippen LogP contribution < -0.4 is 10.2 Å². The maximum Gasteiger partial charge on any atom is 0.137 e. The van der Waals surface area contributed by atoms with Crippen LogP contribution in [0.15, 0.2) is 6.33 Å². The van der Waals surface area contributed by atoms with Crippen molar-refractivity contribution in [3.63, 3.8) is 0 Å². The summed E-state index contributed by atoms with van der Waals surface area (Å²) in [5, 5.41) is 12.6. The van der Waals surface area contributed by atoms with E-state index in [0.29, 0.717) is 18.5 Å². The van der Waals surface area contributed by atoms with Crippen molar-refractivity contribution >= 4 is 11.6 Å². The van der Waals surface area contributed by atoms with Crippen molar-refractivity contribution in [3.05, 3.63) is 11.9 Å². The van der Waals surface area contributed by atoms with Gasteiger partial charge >= 0.3 is 0 Å². The molecule has 0 spiro atoms. The molecule has 5 heteroatoms. The predicted molar refractivity (Wildman–Crippen MR) is 82.4 cm³/mol. The monoisotopic (exact) mass is 278 g/mol. The Morgan fingerprint density at radius 3 is 2.60 bits per heavy atom. The largest absolute Gasteiger partial charge is 0.395 e. The molecule has 112 valence electrons. The lowest BCUT2D eigenvalue weighted by Gasteiger charge is -2.32. The third kappa shape index (κ3) is 3.03. The summed E-state index contributed by atoms with van der Waals surface area (Å²) in [5.74, 6) is 2.22. The minimum Gasteiger partial charge on any atom is -0.395 e. The van der Waals surface area contributed by atoms with Crippen LogP contribution in [0.4, 0.5) is 11.6 Å². The molecule has 1 aliphatic rings. The van der Waals surface area contributed by atoms with Crippen molar-refractivity contribution in [1.29, 1.82) is 0 Å². The second-order valence-electron chi connectivity index (χ2n) is 5.72. The minimum absolute atomic E-state index is 0.160. The summed E-state index contributed by atoms with van der Waals surface area (Å²) in [6, 6.07) is 0.499. The van der Waals surface area contributed by atoms with E-state index < -0.39 is 0 Å². The van der Waals surface area contributed by atoms with Crippen LogP contribution >= 0.6 is 0 Å². The quantitative estimate of drug-likeness (QED) is 0.836. The number of rotatable bonds is 6. The number of hydrogen-bond donors (Lipinski definition) is 2. The van der Waals surface area contributed by atoms with Gasteiger partial charge < -0.3 is 15.3 Å². The fraction of sp³-hybridized carbons (Fsp3) is 0.733. The number of aliphatic hydroxyl groups excluding tert-OH is 1. The highest BCUT2D eigenvalue weighted by molar-refractivity contribution is 5.60. The fourth-order valence-electron chi connectivity index (χ4n) is 3.13. The standard InChI is InChI=1S/C15H26N4O/c1-11(2)13-14(16-3)17-10-18-15(13)19(8-9-20)12-6-4-5-7-12/h10-12,20H,4-9H2,1-3H3,(H,16,17,18). The molecule has 0 aromatic carbocycles. The Kier molecular flexibility index (Phi) is 5.17. The molecule has 1 fully saturated rings. The van der Waals surface area contributed by atoms with Crippen LogP contribution in [0.5, 0.6) is 0 Å². The lowest BCUT2D eigenvalue weighted by atomic mass is 10.0. The van der Waals surface area contributed by atoms with E-state index in [1.807, 2.05) is 7.05 Å². The molecule has 0 unspecified atom stereocenters. The van der Waals surface area contributed by atoms with Crippen molar-refractivity contribution in [2.24, 2.45) is 0 Å².